The molecule has 0 aromatic heterocycles. The summed E-state index contributed by atoms with van der Waals surface area (Å²) in [6.07, 6.45) is 5.77. The van der Waals surface area contributed by atoms with Gasteiger partial charge in [0.1, 0.15) is 11.8 Å². The van der Waals surface area contributed by atoms with Crippen molar-refractivity contribution in [2.75, 3.05) is 19.4 Å². The van der Waals surface area contributed by atoms with Crippen LogP contribution in [-0.4, -0.2) is 48.2 Å². The molecule has 0 heterocycles. The third-order valence-corrected chi connectivity index (χ3v) is 7.21. The molecule has 1 aliphatic carbocycles. The van der Waals surface area contributed by atoms with Gasteiger partial charge in [0.25, 0.3) is 0 Å². The van der Waals surface area contributed by atoms with Crippen molar-refractivity contribution in [1.82, 2.24) is 10.2 Å². The average Bonchev–Trinajstić information content (AvgIpc) is 3.35. The highest BCUT2D eigenvalue weighted by Crippen LogP contribution is 2.20. The summed E-state index contributed by atoms with van der Waals surface area (Å²) in [4.78, 5) is 28.2. The molecule has 0 unspecified atom stereocenters. The number of thioether (sulfide) groups is 1. The molecule has 2 aromatic carbocycles. The minimum absolute atomic E-state index is 0.00836. The summed E-state index contributed by atoms with van der Waals surface area (Å²) in [5.41, 5.74) is 2.32. The SMILES string of the molecule is CC[C@H](C(=O)NC1CCCC1)N(CCc1ccccc1)C(=O)CSCc1ccc(OC)cc1. The molecule has 0 saturated heterocycles. The number of carbonyl (C=O) groups is 2. The van der Waals surface area contributed by atoms with E-state index in [9.17, 15) is 9.59 Å². The molecule has 1 N–H and O–H groups in total. The van der Waals surface area contributed by atoms with E-state index >= 15 is 0 Å². The fraction of sp³-hybridized carbons (Fsp3) is 0.481. The number of hydrogen-bond donors (Lipinski definition) is 1. The molecule has 1 aliphatic rings. The number of nitrogens with zero attached hydrogens (tertiary/aromatic N) is 1. The van der Waals surface area contributed by atoms with Gasteiger partial charge in [0.15, 0.2) is 0 Å². The van der Waals surface area contributed by atoms with Crippen molar-refractivity contribution in [2.24, 2.45) is 0 Å². The quantitative estimate of drug-likeness (QED) is 0.484. The van der Waals surface area contributed by atoms with Crippen LogP contribution < -0.4 is 10.1 Å². The van der Waals surface area contributed by atoms with E-state index in [0.29, 0.717) is 18.7 Å². The fourth-order valence-electron chi connectivity index (χ4n) is 4.32. The summed E-state index contributed by atoms with van der Waals surface area (Å²) in [6.45, 7) is 2.54. The number of ether oxygens (including phenoxy) is 1. The number of amides is 2. The minimum Gasteiger partial charge on any atom is -0.497 e. The number of hydrogen-bond acceptors (Lipinski definition) is 4. The van der Waals surface area contributed by atoms with Crippen molar-refractivity contribution >= 4 is 23.6 Å². The highest BCUT2D eigenvalue weighted by molar-refractivity contribution is 7.99. The Morgan fingerprint density at radius 1 is 1.06 bits per heavy atom. The third-order valence-electron chi connectivity index (χ3n) is 6.22. The van der Waals surface area contributed by atoms with Crippen LogP contribution in [0.3, 0.4) is 0 Å². The van der Waals surface area contributed by atoms with Crippen LogP contribution in [0.15, 0.2) is 54.6 Å². The van der Waals surface area contributed by atoms with E-state index in [1.165, 1.54) is 18.4 Å². The molecule has 178 valence electrons. The van der Waals surface area contributed by atoms with E-state index in [2.05, 4.69) is 17.4 Å². The first-order valence-electron chi connectivity index (χ1n) is 11.9. The first-order chi connectivity index (χ1) is 16.1. The van der Waals surface area contributed by atoms with Crippen LogP contribution in [0.1, 0.15) is 50.2 Å². The average molecular weight is 469 g/mol. The molecular formula is C27H36N2O3S. The maximum Gasteiger partial charge on any atom is 0.243 e. The van der Waals surface area contributed by atoms with Gasteiger partial charge in [0.2, 0.25) is 11.8 Å². The molecule has 0 radical (unpaired) electrons. The lowest BCUT2D eigenvalue weighted by Gasteiger charge is -2.31. The Bertz CT molecular complexity index is 867. The molecule has 0 bridgehead atoms. The maximum absolute atomic E-state index is 13.3. The minimum atomic E-state index is -0.427. The highest BCUT2D eigenvalue weighted by Gasteiger charge is 2.30. The Hall–Kier alpha value is -2.47. The largest absolute Gasteiger partial charge is 0.497 e. The Morgan fingerprint density at radius 3 is 2.39 bits per heavy atom. The zero-order valence-electron chi connectivity index (χ0n) is 19.8. The van der Waals surface area contributed by atoms with Crippen LogP contribution in [0.4, 0.5) is 0 Å². The molecule has 1 fully saturated rings. The van der Waals surface area contributed by atoms with E-state index in [-0.39, 0.29) is 17.9 Å². The van der Waals surface area contributed by atoms with Crippen LogP contribution in [-0.2, 0) is 21.8 Å². The van der Waals surface area contributed by atoms with Crippen molar-refractivity contribution in [3.63, 3.8) is 0 Å². The van der Waals surface area contributed by atoms with Crippen molar-refractivity contribution in [1.29, 1.82) is 0 Å². The summed E-state index contributed by atoms with van der Waals surface area (Å²) in [7, 11) is 1.65. The monoisotopic (exact) mass is 468 g/mol. The summed E-state index contributed by atoms with van der Waals surface area (Å²) >= 11 is 1.59. The molecule has 3 rings (SSSR count). The third kappa shape index (κ3) is 7.81. The zero-order chi connectivity index (χ0) is 23.5. The van der Waals surface area contributed by atoms with Crippen molar-refractivity contribution < 1.29 is 14.3 Å². The lowest BCUT2D eigenvalue weighted by molar-refractivity contribution is -0.139. The number of carbonyl (C=O) groups excluding carboxylic acids is 2. The van der Waals surface area contributed by atoms with Gasteiger partial charge in [-0.1, -0.05) is 62.2 Å². The first-order valence-corrected chi connectivity index (χ1v) is 13.1. The normalized spacial score (nSPS) is 14.6. The molecule has 5 nitrogen and oxygen atoms in total. The Morgan fingerprint density at radius 2 is 1.76 bits per heavy atom. The predicted molar refractivity (Wildman–Crippen MR) is 135 cm³/mol. The van der Waals surface area contributed by atoms with E-state index in [0.717, 1.165) is 36.3 Å². The Labute approximate surface area is 202 Å². The van der Waals surface area contributed by atoms with Gasteiger partial charge in [-0.15, -0.1) is 11.8 Å². The topological polar surface area (TPSA) is 58.6 Å². The molecular weight excluding hydrogens is 432 g/mol. The van der Waals surface area contributed by atoms with Crippen LogP contribution >= 0.6 is 11.8 Å². The van der Waals surface area contributed by atoms with Gasteiger partial charge in [-0.3, -0.25) is 9.59 Å². The second-order valence-electron chi connectivity index (χ2n) is 8.58. The summed E-state index contributed by atoms with van der Waals surface area (Å²) in [6, 6.07) is 17.9. The Balaban J connectivity index is 1.62. The van der Waals surface area contributed by atoms with Crippen LogP contribution in [0, 0.1) is 0 Å². The molecule has 33 heavy (non-hydrogen) atoms. The smallest absolute Gasteiger partial charge is 0.243 e. The van der Waals surface area contributed by atoms with Crippen molar-refractivity contribution in [3.8, 4) is 5.75 Å². The second kappa shape index (κ2) is 13.3. The molecule has 0 aliphatic heterocycles. The van der Waals surface area contributed by atoms with Gasteiger partial charge >= 0.3 is 0 Å². The van der Waals surface area contributed by atoms with E-state index in [1.807, 2.05) is 49.4 Å². The number of rotatable bonds is 12. The first kappa shape index (κ1) is 25.2. The predicted octanol–water partition coefficient (Wildman–Crippen LogP) is 4.84. The van der Waals surface area contributed by atoms with Crippen LogP contribution in [0.2, 0.25) is 0 Å². The summed E-state index contributed by atoms with van der Waals surface area (Å²) in [5.74, 6) is 1.94. The number of benzene rings is 2. The van der Waals surface area contributed by atoms with Crippen molar-refractivity contribution in [2.45, 2.75) is 63.3 Å². The Kier molecular flexibility index (Phi) is 10.1. The standard InChI is InChI=1S/C27H36N2O3S/c1-3-25(27(31)28-23-11-7-8-12-23)29(18-17-21-9-5-4-6-10-21)26(30)20-33-19-22-13-15-24(32-2)16-14-22/h4-6,9-10,13-16,23,25H,3,7-8,11-12,17-20H2,1-2H3,(H,28,31)/t25-/m1/s1. The molecule has 6 heteroatoms. The van der Waals surface area contributed by atoms with Crippen LogP contribution in [0.5, 0.6) is 5.75 Å². The van der Waals surface area contributed by atoms with Gasteiger partial charge in [-0.05, 0) is 48.9 Å². The molecule has 2 aromatic rings. The lowest BCUT2D eigenvalue weighted by Crippen LogP contribution is -2.52. The van der Waals surface area contributed by atoms with Gasteiger partial charge in [-0.25, -0.2) is 0 Å². The van der Waals surface area contributed by atoms with E-state index in [4.69, 9.17) is 4.74 Å². The van der Waals surface area contributed by atoms with Gasteiger partial charge < -0.3 is 15.0 Å². The van der Waals surface area contributed by atoms with E-state index < -0.39 is 6.04 Å². The van der Waals surface area contributed by atoms with Crippen LogP contribution in [0.25, 0.3) is 0 Å². The van der Waals surface area contributed by atoms with Crippen molar-refractivity contribution in [3.05, 3.63) is 65.7 Å². The fourth-order valence-corrected chi connectivity index (χ4v) is 5.19. The zero-order valence-corrected chi connectivity index (χ0v) is 20.6. The molecule has 2 amide bonds. The number of methoxy groups -OCH3 is 1. The lowest BCUT2D eigenvalue weighted by atomic mass is 10.1. The molecule has 1 saturated carbocycles. The van der Waals surface area contributed by atoms with Gasteiger partial charge in [-0.2, -0.15) is 0 Å². The van der Waals surface area contributed by atoms with Gasteiger partial charge in [0, 0.05) is 18.3 Å². The van der Waals surface area contributed by atoms with Gasteiger partial charge in [0.05, 0.1) is 12.9 Å². The maximum atomic E-state index is 13.3. The number of nitrogens with one attached hydrogen (secondary N) is 1. The van der Waals surface area contributed by atoms with E-state index in [1.54, 1.807) is 23.8 Å². The highest BCUT2D eigenvalue weighted by atomic mass is 32.2. The summed E-state index contributed by atoms with van der Waals surface area (Å²) < 4.78 is 5.21. The summed E-state index contributed by atoms with van der Waals surface area (Å²) in [5, 5.41) is 3.20. The molecule has 0 spiro atoms. The molecule has 1 atom stereocenters. The second-order valence-corrected chi connectivity index (χ2v) is 9.56.